The minimum absolute atomic E-state index is 0.00336. The SMILES string of the molecule is COc1cc(-c2nc(Cc3ccc4[nH]ncc4c3C)n(CC(C)C)n2)ccc1C(=O)NCC(F)(F)F. The molecule has 0 radical (unpaired) electrons. The van der Waals surface area contributed by atoms with Crippen molar-refractivity contribution in [2.24, 2.45) is 5.92 Å². The van der Waals surface area contributed by atoms with Gasteiger partial charge in [0.25, 0.3) is 5.91 Å². The second-order valence-corrected chi connectivity index (χ2v) is 9.00. The molecule has 4 aromatic rings. The highest BCUT2D eigenvalue weighted by Crippen LogP contribution is 2.28. The van der Waals surface area contributed by atoms with Gasteiger partial charge in [0.15, 0.2) is 5.82 Å². The largest absolute Gasteiger partial charge is 0.496 e. The van der Waals surface area contributed by atoms with Gasteiger partial charge in [-0.25, -0.2) is 9.67 Å². The molecule has 0 atom stereocenters. The smallest absolute Gasteiger partial charge is 0.405 e. The van der Waals surface area contributed by atoms with Crippen molar-refractivity contribution in [3.05, 3.63) is 59.0 Å². The van der Waals surface area contributed by atoms with Crippen LogP contribution in [0.2, 0.25) is 0 Å². The fraction of sp³-hybridized carbons (Fsp3) is 0.360. The Hall–Kier alpha value is -3.89. The predicted molar refractivity (Wildman–Crippen MR) is 129 cm³/mol. The second kappa shape index (κ2) is 10.00. The summed E-state index contributed by atoms with van der Waals surface area (Å²) in [6.45, 7) is 5.46. The molecule has 2 N–H and O–H groups in total. The van der Waals surface area contributed by atoms with E-state index in [2.05, 4.69) is 24.0 Å². The van der Waals surface area contributed by atoms with Crippen LogP contribution in [0.5, 0.6) is 5.75 Å². The highest BCUT2D eigenvalue weighted by molar-refractivity contribution is 5.97. The van der Waals surface area contributed by atoms with Gasteiger partial charge in [0, 0.05) is 23.9 Å². The Morgan fingerprint density at radius 3 is 2.69 bits per heavy atom. The molecule has 11 heteroatoms. The van der Waals surface area contributed by atoms with E-state index in [1.807, 2.05) is 29.1 Å². The Balaban J connectivity index is 1.66. The molecule has 0 fully saturated rings. The average molecular weight is 501 g/mol. The zero-order valence-electron chi connectivity index (χ0n) is 20.4. The molecule has 36 heavy (non-hydrogen) atoms. The van der Waals surface area contributed by atoms with Crippen LogP contribution in [0.3, 0.4) is 0 Å². The van der Waals surface area contributed by atoms with E-state index in [0.717, 1.165) is 27.9 Å². The van der Waals surface area contributed by atoms with Crippen molar-refractivity contribution >= 4 is 16.8 Å². The van der Waals surface area contributed by atoms with Gasteiger partial charge in [-0.1, -0.05) is 26.0 Å². The number of aromatic amines is 1. The molecule has 190 valence electrons. The van der Waals surface area contributed by atoms with E-state index in [4.69, 9.17) is 14.8 Å². The van der Waals surface area contributed by atoms with E-state index in [0.29, 0.717) is 30.3 Å². The number of amides is 1. The van der Waals surface area contributed by atoms with Crippen LogP contribution in [-0.4, -0.2) is 50.7 Å². The maximum Gasteiger partial charge on any atom is 0.405 e. The fourth-order valence-electron chi connectivity index (χ4n) is 3.98. The van der Waals surface area contributed by atoms with Crippen LogP contribution in [0, 0.1) is 12.8 Å². The lowest BCUT2D eigenvalue weighted by Gasteiger charge is -2.11. The van der Waals surface area contributed by atoms with Crippen molar-refractivity contribution in [2.45, 2.75) is 39.9 Å². The number of hydrogen-bond donors (Lipinski definition) is 2. The first-order valence-corrected chi connectivity index (χ1v) is 11.4. The summed E-state index contributed by atoms with van der Waals surface area (Å²) in [4.78, 5) is 17.1. The highest BCUT2D eigenvalue weighted by Gasteiger charge is 2.28. The Bertz CT molecular complexity index is 1390. The van der Waals surface area contributed by atoms with Crippen LogP contribution in [0.4, 0.5) is 13.2 Å². The van der Waals surface area contributed by atoms with Crippen LogP contribution < -0.4 is 10.1 Å². The number of hydrogen-bond acceptors (Lipinski definition) is 5. The average Bonchev–Trinajstić information content (AvgIpc) is 3.46. The Morgan fingerprint density at radius 2 is 2.00 bits per heavy atom. The number of nitrogens with one attached hydrogen (secondary N) is 2. The fourth-order valence-corrected chi connectivity index (χ4v) is 3.98. The minimum atomic E-state index is -4.51. The second-order valence-electron chi connectivity index (χ2n) is 9.00. The molecule has 8 nitrogen and oxygen atoms in total. The summed E-state index contributed by atoms with van der Waals surface area (Å²) < 4.78 is 44.7. The molecule has 2 heterocycles. The summed E-state index contributed by atoms with van der Waals surface area (Å²) in [6, 6.07) is 8.61. The van der Waals surface area contributed by atoms with Crippen LogP contribution in [0.25, 0.3) is 22.3 Å². The van der Waals surface area contributed by atoms with Gasteiger partial charge in [-0.2, -0.15) is 23.4 Å². The number of aromatic nitrogens is 5. The van der Waals surface area contributed by atoms with Crippen molar-refractivity contribution in [2.75, 3.05) is 13.7 Å². The predicted octanol–water partition coefficient (Wildman–Crippen LogP) is 4.68. The maximum absolute atomic E-state index is 12.5. The zero-order chi connectivity index (χ0) is 26.0. The molecule has 2 aromatic heterocycles. The molecular formula is C25H27F3N6O2. The molecular weight excluding hydrogens is 473 g/mol. The number of methoxy groups -OCH3 is 1. The third-order valence-corrected chi connectivity index (χ3v) is 5.79. The lowest BCUT2D eigenvalue weighted by Crippen LogP contribution is -2.33. The summed E-state index contributed by atoms with van der Waals surface area (Å²) in [7, 11) is 1.35. The molecule has 0 aliphatic heterocycles. The first-order valence-electron chi connectivity index (χ1n) is 11.4. The first-order chi connectivity index (χ1) is 17.1. The summed E-state index contributed by atoms with van der Waals surface area (Å²) in [5.74, 6) is 0.795. The van der Waals surface area contributed by atoms with Gasteiger partial charge >= 0.3 is 6.18 Å². The van der Waals surface area contributed by atoms with E-state index in [9.17, 15) is 18.0 Å². The number of fused-ring (bicyclic) bond motifs is 1. The van der Waals surface area contributed by atoms with Gasteiger partial charge in [0.2, 0.25) is 0 Å². The number of rotatable bonds is 8. The molecule has 0 saturated heterocycles. The van der Waals surface area contributed by atoms with E-state index in [-0.39, 0.29) is 11.3 Å². The number of alkyl halides is 3. The van der Waals surface area contributed by atoms with E-state index < -0.39 is 18.6 Å². The molecule has 0 saturated carbocycles. The standard InChI is InChI=1S/C25H27F3N6O2/c1-14(2)12-34-22(10-16-6-8-20-19(15(16)3)11-30-32-20)31-23(33-34)17-5-7-18(21(9-17)36-4)24(35)29-13-25(26,27)28/h5-9,11,14H,10,12-13H2,1-4H3,(H,29,35)(H,30,32). The van der Waals surface area contributed by atoms with Gasteiger partial charge < -0.3 is 10.1 Å². The molecule has 0 aliphatic rings. The monoisotopic (exact) mass is 500 g/mol. The molecule has 2 aromatic carbocycles. The molecule has 1 amide bonds. The topological polar surface area (TPSA) is 97.7 Å². The highest BCUT2D eigenvalue weighted by atomic mass is 19.4. The van der Waals surface area contributed by atoms with Gasteiger partial charge in [0.05, 0.1) is 24.4 Å². The number of carbonyl (C=O) groups excluding carboxylic acids is 1. The molecule has 0 aliphatic carbocycles. The first kappa shape index (κ1) is 25.2. The number of aryl methyl sites for hydroxylation is 1. The van der Waals surface area contributed by atoms with Crippen molar-refractivity contribution in [1.29, 1.82) is 0 Å². The van der Waals surface area contributed by atoms with Gasteiger partial charge in [-0.05, 0) is 42.2 Å². The molecule has 0 bridgehead atoms. The van der Waals surface area contributed by atoms with Crippen molar-refractivity contribution in [3.8, 4) is 17.1 Å². The lowest BCUT2D eigenvalue weighted by molar-refractivity contribution is -0.123. The molecule has 0 spiro atoms. The maximum atomic E-state index is 12.5. The number of carbonyl (C=O) groups is 1. The quantitative estimate of drug-likeness (QED) is 0.366. The minimum Gasteiger partial charge on any atom is -0.496 e. The Labute approximate surface area is 205 Å². The van der Waals surface area contributed by atoms with E-state index in [1.165, 1.54) is 13.2 Å². The lowest BCUT2D eigenvalue weighted by atomic mass is 10.0. The van der Waals surface area contributed by atoms with Crippen molar-refractivity contribution in [1.82, 2.24) is 30.3 Å². The molecule has 4 rings (SSSR count). The number of ether oxygens (including phenoxy) is 1. The van der Waals surface area contributed by atoms with Crippen molar-refractivity contribution < 1.29 is 22.7 Å². The number of H-pyrrole nitrogens is 1. The number of halogens is 3. The van der Waals surface area contributed by atoms with Gasteiger partial charge in [0.1, 0.15) is 18.1 Å². The Morgan fingerprint density at radius 1 is 1.22 bits per heavy atom. The summed E-state index contributed by atoms with van der Waals surface area (Å²) in [6.07, 6.45) is -2.15. The summed E-state index contributed by atoms with van der Waals surface area (Å²) in [5.41, 5.74) is 3.76. The van der Waals surface area contributed by atoms with Crippen molar-refractivity contribution in [3.63, 3.8) is 0 Å². The summed E-state index contributed by atoms with van der Waals surface area (Å²) in [5, 5.41) is 14.7. The third kappa shape index (κ3) is 5.50. The normalized spacial score (nSPS) is 11.9. The van der Waals surface area contributed by atoms with Crippen LogP contribution in [0.15, 0.2) is 36.5 Å². The van der Waals surface area contributed by atoms with E-state index in [1.54, 1.807) is 18.3 Å². The van der Waals surface area contributed by atoms with Crippen LogP contribution in [0.1, 0.15) is 41.2 Å². The van der Waals surface area contributed by atoms with Gasteiger partial charge in [-0.15, -0.1) is 0 Å². The number of nitrogens with zero attached hydrogens (tertiary/aromatic N) is 4. The Kier molecular flexibility index (Phi) is 7.00. The zero-order valence-corrected chi connectivity index (χ0v) is 20.4. The van der Waals surface area contributed by atoms with Crippen LogP contribution in [-0.2, 0) is 13.0 Å². The third-order valence-electron chi connectivity index (χ3n) is 5.79. The van der Waals surface area contributed by atoms with E-state index >= 15 is 0 Å². The van der Waals surface area contributed by atoms with Gasteiger partial charge in [-0.3, -0.25) is 9.89 Å². The number of benzene rings is 2. The summed E-state index contributed by atoms with van der Waals surface area (Å²) >= 11 is 0. The molecule has 0 unspecified atom stereocenters. The van der Waals surface area contributed by atoms with Crippen LogP contribution >= 0.6 is 0 Å².